The number of carbonyl (C=O) groups is 1. The second-order valence-electron chi connectivity index (χ2n) is 5.38. The van der Waals surface area contributed by atoms with Crippen molar-refractivity contribution in [1.29, 1.82) is 0 Å². The van der Waals surface area contributed by atoms with Crippen molar-refractivity contribution in [3.05, 3.63) is 47.0 Å². The van der Waals surface area contributed by atoms with Gasteiger partial charge in [0.05, 0.1) is 10.9 Å². The molecule has 1 aromatic heterocycles. The minimum absolute atomic E-state index is 0.0265. The summed E-state index contributed by atoms with van der Waals surface area (Å²) >= 11 is 0. The fraction of sp³-hybridized carbons (Fsp3) is 0.167. The summed E-state index contributed by atoms with van der Waals surface area (Å²) in [4.78, 5) is 12.1. The summed E-state index contributed by atoms with van der Waals surface area (Å²) in [7, 11) is 0. The molecule has 3 rings (SSSR count). The van der Waals surface area contributed by atoms with Gasteiger partial charge in [0.1, 0.15) is 11.5 Å². The van der Waals surface area contributed by atoms with Crippen LogP contribution >= 0.6 is 0 Å². The first-order chi connectivity index (χ1) is 10.4. The quantitative estimate of drug-likeness (QED) is 0.545. The van der Waals surface area contributed by atoms with Crippen LogP contribution in [-0.2, 0) is 0 Å². The lowest BCUT2D eigenvalue weighted by atomic mass is 9.98. The van der Waals surface area contributed by atoms with Crippen molar-refractivity contribution in [2.24, 2.45) is 0 Å². The van der Waals surface area contributed by atoms with E-state index in [1.165, 1.54) is 6.92 Å². The molecule has 0 aliphatic rings. The van der Waals surface area contributed by atoms with Crippen molar-refractivity contribution in [2.75, 3.05) is 0 Å². The Bertz CT molecular complexity index is 889. The molecule has 0 aliphatic carbocycles. The zero-order chi connectivity index (χ0) is 16.0. The maximum Gasteiger partial charge on any atom is 0.181 e. The van der Waals surface area contributed by atoms with Crippen LogP contribution in [0.15, 0.2) is 34.7 Å². The number of benzene rings is 2. The van der Waals surface area contributed by atoms with Crippen molar-refractivity contribution >= 4 is 16.8 Å². The Kier molecular flexibility index (Phi) is 3.17. The van der Waals surface area contributed by atoms with E-state index in [4.69, 9.17) is 4.42 Å². The molecule has 4 nitrogen and oxygen atoms in total. The highest BCUT2D eigenvalue weighted by Crippen LogP contribution is 2.45. The molecule has 0 radical (unpaired) electrons. The molecular formula is C18H16O4. The molecule has 1 heterocycles. The molecule has 0 amide bonds. The maximum absolute atomic E-state index is 12.1. The number of ketones is 1. The number of fused-ring (bicyclic) bond motifs is 1. The van der Waals surface area contributed by atoms with E-state index < -0.39 is 0 Å². The molecule has 112 valence electrons. The number of rotatable bonds is 2. The minimum Gasteiger partial charge on any atom is -0.507 e. The minimum atomic E-state index is -0.226. The second-order valence-corrected chi connectivity index (χ2v) is 5.38. The Balaban J connectivity index is 2.51. The third kappa shape index (κ3) is 1.88. The smallest absolute Gasteiger partial charge is 0.181 e. The average molecular weight is 296 g/mol. The van der Waals surface area contributed by atoms with Crippen LogP contribution in [0.5, 0.6) is 11.5 Å². The van der Waals surface area contributed by atoms with E-state index in [0.29, 0.717) is 16.9 Å². The van der Waals surface area contributed by atoms with Gasteiger partial charge in [0.15, 0.2) is 17.1 Å². The van der Waals surface area contributed by atoms with Crippen LogP contribution in [-0.4, -0.2) is 16.0 Å². The summed E-state index contributed by atoms with van der Waals surface area (Å²) in [5.74, 6) is 0.0608. The summed E-state index contributed by atoms with van der Waals surface area (Å²) in [5.41, 5.74) is 2.22. The number of Topliss-reactive ketones (excluding diaryl/α,β-unsaturated/α-hetero) is 1. The lowest BCUT2D eigenvalue weighted by molar-refractivity contribution is 0.101. The number of furan rings is 1. The maximum atomic E-state index is 12.1. The molecule has 0 aliphatic heterocycles. The van der Waals surface area contributed by atoms with Crippen LogP contribution in [0.1, 0.15) is 28.4 Å². The molecule has 0 bridgehead atoms. The van der Waals surface area contributed by atoms with E-state index >= 15 is 0 Å². The van der Waals surface area contributed by atoms with Gasteiger partial charge in [-0.3, -0.25) is 4.79 Å². The molecule has 2 N–H and O–H groups in total. The first-order valence-corrected chi connectivity index (χ1v) is 6.97. The first-order valence-electron chi connectivity index (χ1n) is 6.97. The molecule has 4 heteroatoms. The monoisotopic (exact) mass is 296 g/mol. The standard InChI is InChI=1S/C18H16O4/c1-9-10(2)16(21)18-14(15(9)20)13(11(3)19)17(22-18)12-7-5-4-6-8-12/h4-8,20-21H,1-3H3. The average Bonchev–Trinajstić information content (AvgIpc) is 2.92. The van der Waals surface area contributed by atoms with Crippen LogP contribution in [0.25, 0.3) is 22.3 Å². The van der Waals surface area contributed by atoms with Crippen molar-refractivity contribution in [3.63, 3.8) is 0 Å². The zero-order valence-electron chi connectivity index (χ0n) is 12.6. The normalized spacial score (nSPS) is 11.0. The highest BCUT2D eigenvalue weighted by atomic mass is 16.4. The number of hydrogen-bond donors (Lipinski definition) is 2. The van der Waals surface area contributed by atoms with Gasteiger partial charge in [-0.25, -0.2) is 0 Å². The zero-order valence-corrected chi connectivity index (χ0v) is 12.6. The van der Waals surface area contributed by atoms with Gasteiger partial charge < -0.3 is 14.6 Å². The Morgan fingerprint density at radius 3 is 2.18 bits per heavy atom. The summed E-state index contributed by atoms with van der Waals surface area (Å²) in [6.45, 7) is 4.81. The third-order valence-corrected chi connectivity index (χ3v) is 4.02. The SMILES string of the molecule is CC(=O)c1c(-c2ccccc2)oc2c(O)c(C)c(C)c(O)c12. The first kappa shape index (κ1) is 14.2. The van der Waals surface area contributed by atoms with E-state index in [2.05, 4.69) is 0 Å². The fourth-order valence-corrected chi connectivity index (χ4v) is 2.67. The van der Waals surface area contributed by atoms with Gasteiger partial charge in [-0.15, -0.1) is 0 Å². The van der Waals surface area contributed by atoms with Crippen molar-refractivity contribution in [2.45, 2.75) is 20.8 Å². The van der Waals surface area contributed by atoms with Gasteiger partial charge in [-0.1, -0.05) is 30.3 Å². The Hall–Kier alpha value is -2.75. The number of carbonyl (C=O) groups excluding carboxylic acids is 1. The number of aromatic hydroxyl groups is 2. The molecule has 22 heavy (non-hydrogen) atoms. The Morgan fingerprint density at radius 1 is 1.00 bits per heavy atom. The molecule has 3 aromatic rings. The van der Waals surface area contributed by atoms with Gasteiger partial charge in [0, 0.05) is 11.1 Å². The van der Waals surface area contributed by atoms with Crippen LogP contribution in [0, 0.1) is 13.8 Å². The molecule has 0 atom stereocenters. The lowest BCUT2D eigenvalue weighted by Crippen LogP contribution is -1.94. The lowest BCUT2D eigenvalue weighted by Gasteiger charge is -2.07. The molecule has 0 spiro atoms. The predicted molar refractivity (Wildman–Crippen MR) is 84.5 cm³/mol. The van der Waals surface area contributed by atoms with Gasteiger partial charge in [0.25, 0.3) is 0 Å². The van der Waals surface area contributed by atoms with Gasteiger partial charge in [-0.2, -0.15) is 0 Å². The van der Waals surface area contributed by atoms with Gasteiger partial charge in [0.2, 0.25) is 0 Å². The van der Waals surface area contributed by atoms with Crippen molar-refractivity contribution in [3.8, 4) is 22.8 Å². The number of phenols is 2. The summed E-state index contributed by atoms with van der Waals surface area (Å²) in [6.07, 6.45) is 0. The Labute approximate surface area is 127 Å². The van der Waals surface area contributed by atoms with Gasteiger partial charge in [-0.05, 0) is 26.3 Å². The summed E-state index contributed by atoms with van der Waals surface area (Å²) in [6, 6.07) is 9.17. The van der Waals surface area contributed by atoms with Gasteiger partial charge >= 0.3 is 0 Å². The molecule has 0 saturated heterocycles. The molecule has 2 aromatic carbocycles. The largest absolute Gasteiger partial charge is 0.507 e. The predicted octanol–water partition coefficient (Wildman–Crippen LogP) is 4.33. The number of phenolic OH excluding ortho intramolecular Hbond substituents is 2. The van der Waals surface area contributed by atoms with Crippen LogP contribution in [0.4, 0.5) is 0 Å². The van der Waals surface area contributed by atoms with E-state index in [1.807, 2.05) is 30.3 Å². The van der Waals surface area contributed by atoms with Crippen LogP contribution in [0.2, 0.25) is 0 Å². The molecular weight excluding hydrogens is 280 g/mol. The number of hydrogen-bond acceptors (Lipinski definition) is 4. The summed E-state index contributed by atoms with van der Waals surface area (Å²) in [5, 5.41) is 21.0. The third-order valence-electron chi connectivity index (χ3n) is 4.02. The van der Waals surface area contributed by atoms with E-state index in [1.54, 1.807) is 13.8 Å². The highest BCUT2D eigenvalue weighted by Gasteiger charge is 2.26. The molecule has 0 unspecified atom stereocenters. The molecule has 0 fully saturated rings. The van der Waals surface area contributed by atoms with E-state index in [-0.39, 0.29) is 33.8 Å². The second kappa shape index (κ2) is 4.91. The van der Waals surface area contributed by atoms with Crippen molar-refractivity contribution < 1.29 is 19.4 Å². The van der Waals surface area contributed by atoms with Crippen LogP contribution in [0.3, 0.4) is 0 Å². The summed E-state index contributed by atoms with van der Waals surface area (Å²) < 4.78 is 5.76. The van der Waals surface area contributed by atoms with Crippen molar-refractivity contribution in [1.82, 2.24) is 0 Å². The van der Waals surface area contributed by atoms with E-state index in [0.717, 1.165) is 5.56 Å². The topological polar surface area (TPSA) is 70.7 Å². The van der Waals surface area contributed by atoms with Crippen LogP contribution < -0.4 is 0 Å². The molecule has 0 saturated carbocycles. The Morgan fingerprint density at radius 2 is 1.59 bits per heavy atom. The van der Waals surface area contributed by atoms with E-state index in [9.17, 15) is 15.0 Å². The highest BCUT2D eigenvalue weighted by molar-refractivity contribution is 6.14. The fourth-order valence-electron chi connectivity index (χ4n) is 2.67.